The first-order valence-corrected chi connectivity index (χ1v) is 8.06. The van der Waals surface area contributed by atoms with Gasteiger partial charge in [0.25, 0.3) is 5.91 Å². The molecule has 2 heterocycles. The number of ether oxygens (including phenoxy) is 1. The highest BCUT2D eigenvalue weighted by Crippen LogP contribution is 2.19. The average molecular weight is 309 g/mol. The van der Waals surface area contributed by atoms with Crippen molar-refractivity contribution < 1.29 is 14.6 Å². The van der Waals surface area contributed by atoms with Crippen LogP contribution in [0.25, 0.3) is 0 Å². The van der Waals surface area contributed by atoms with Crippen molar-refractivity contribution in [3.63, 3.8) is 0 Å². The third-order valence-electron chi connectivity index (χ3n) is 4.02. The second-order valence-electron chi connectivity index (χ2n) is 6.38. The van der Waals surface area contributed by atoms with Crippen LogP contribution in [0.4, 0.5) is 0 Å². The van der Waals surface area contributed by atoms with Gasteiger partial charge < -0.3 is 14.7 Å². The summed E-state index contributed by atoms with van der Waals surface area (Å²) in [5.74, 6) is 0.468. The fourth-order valence-electron chi connectivity index (χ4n) is 2.83. The first kappa shape index (κ1) is 17.0. The molecule has 1 aliphatic heterocycles. The summed E-state index contributed by atoms with van der Waals surface area (Å²) >= 11 is 0. The van der Waals surface area contributed by atoms with Gasteiger partial charge in [-0.2, -0.15) is 5.10 Å². The zero-order valence-electron chi connectivity index (χ0n) is 14.0. The molecule has 0 radical (unpaired) electrons. The van der Waals surface area contributed by atoms with Gasteiger partial charge in [-0.3, -0.25) is 9.48 Å². The summed E-state index contributed by atoms with van der Waals surface area (Å²) in [6.07, 6.45) is 2.16. The van der Waals surface area contributed by atoms with E-state index in [4.69, 9.17) is 4.74 Å². The third-order valence-corrected chi connectivity index (χ3v) is 4.02. The van der Waals surface area contributed by atoms with Crippen LogP contribution in [0.1, 0.15) is 43.7 Å². The number of hydrogen-bond acceptors (Lipinski definition) is 4. The van der Waals surface area contributed by atoms with E-state index in [1.165, 1.54) is 0 Å². The molecular formula is C16H27N3O3. The van der Waals surface area contributed by atoms with E-state index in [0.29, 0.717) is 24.6 Å². The third kappa shape index (κ3) is 3.50. The molecule has 1 amide bonds. The molecule has 1 aromatic rings. The number of aromatic nitrogens is 2. The molecule has 124 valence electrons. The molecular weight excluding hydrogens is 282 g/mol. The van der Waals surface area contributed by atoms with Crippen LogP contribution >= 0.6 is 0 Å². The lowest BCUT2D eigenvalue weighted by Gasteiger charge is -2.37. The average Bonchev–Trinajstić information content (AvgIpc) is 2.89. The molecule has 22 heavy (non-hydrogen) atoms. The lowest BCUT2D eigenvalue weighted by molar-refractivity contribution is -0.0667. The molecule has 0 spiro atoms. The number of amides is 1. The van der Waals surface area contributed by atoms with Crippen LogP contribution < -0.4 is 0 Å². The van der Waals surface area contributed by atoms with Gasteiger partial charge in [0, 0.05) is 13.1 Å². The van der Waals surface area contributed by atoms with Gasteiger partial charge in [-0.25, -0.2) is 0 Å². The van der Waals surface area contributed by atoms with Crippen LogP contribution in [0.3, 0.4) is 0 Å². The molecule has 6 heteroatoms. The number of carbonyl (C=O) groups is 1. The lowest BCUT2D eigenvalue weighted by Crippen LogP contribution is -2.52. The molecule has 1 fully saturated rings. The van der Waals surface area contributed by atoms with Crippen molar-refractivity contribution in [1.82, 2.24) is 14.7 Å². The van der Waals surface area contributed by atoms with Crippen LogP contribution in [0.15, 0.2) is 6.20 Å². The van der Waals surface area contributed by atoms with E-state index in [9.17, 15) is 9.90 Å². The standard InChI is InChI=1S/C16H27N3O3/c1-5-15-14(6-17-19(15)7-11(2)3)16(21)18-8-13(9-20)22-10-12(18)4/h6,11-13,20H,5,7-10H2,1-4H3/t12-,13-/m0/s1. The molecule has 1 N–H and O–H groups in total. The minimum Gasteiger partial charge on any atom is -0.394 e. The zero-order chi connectivity index (χ0) is 16.3. The van der Waals surface area contributed by atoms with E-state index in [0.717, 1.165) is 18.7 Å². The largest absolute Gasteiger partial charge is 0.394 e. The number of hydrogen-bond donors (Lipinski definition) is 1. The second-order valence-corrected chi connectivity index (χ2v) is 6.38. The molecule has 2 rings (SSSR count). The summed E-state index contributed by atoms with van der Waals surface area (Å²) in [5, 5.41) is 13.7. The highest BCUT2D eigenvalue weighted by Gasteiger charge is 2.31. The Morgan fingerprint density at radius 2 is 2.27 bits per heavy atom. The van der Waals surface area contributed by atoms with Crippen molar-refractivity contribution in [1.29, 1.82) is 0 Å². The van der Waals surface area contributed by atoms with Crippen LogP contribution in [0.2, 0.25) is 0 Å². The van der Waals surface area contributed by atoms with Gasteiger partial charge in [0.2, 0.25) is 0 Å². The van der Waals surface area contributed by atoms with Gasteiger partial charge in [0.1, 0.15) is 0 Å². The minimum atomic E-state index is -0.295. The summed E-state index contributed by atoms with van der Waals surface area (Å²) in [6, 6.07) is 0.00783. The number of rotatable bonds is 5. The fraction of sp³-hybridized carbons (Fsp3) is 0.750. The van der Waals surface area contributed by atoms with Crippen molar-refractivity contribution in [2.45, 2.75) is 52.8 Å². The maximum Gasteiger partial charge on any atom is 0.257 e. The Hall–Kier alpha value is -1.40. The monoisotopic (exact) mass is 309 g/mol. The van der Waals surface area contributed by atoms with Gasteiger partial charge in [-0.15, -0.1) is 0 Å². The van der Waals surface area contributed by atoms with Crippen LogP contribution in [-0.4, -0.2) is 57.6 Å². The topological polar surface area (TPSA) is 67.6 Å². The summed E-state index contributed by atoms with van der Waals surface area (Å²) < 4.78 is 7.44. The normalized spacial score (nSPS) is 22.4. The Labute approximate surface area is 132 Å². The van der Waals surface area contributed by atoms with Crippen molar-refractivity contribution in [3.8, 4) is 0 Å². The predicted octanol–water partition coefficient (Wildman–Crippen LogP) is 1.32. The summed E-state index contributed by atoms with van der Waals surface area (Å²) in [7, 11) is 0. The highest BCUT2D eigenvalue weighted by molar-refractivity contribution is 5.95. The first-order valence-electron chi connectivity index (χ1n) is 8.06. The maximum absolute atomic E-state index is 12.9. The number of morpholine rings is 1. The van der Waals surface area contributed by atoms with Gasteiger partial charge >= 0.3 is 0 Å². The molecule has 1 saturated heterocycles. The first-order chi connectivity index (χ1) is 10.5. The molecule has 6 nitrogen and oxygen atoms in total. The fourth-order valence-corrected chi connectivity index (χ4v) is 2.83. The molecule has 0 bridgehead atoms. The lowest BCUT2D eigenvalue weighted by atomic mass is 10.1. The molecule has 0 aliphatic carbocycles. The molecule has 0 saturated carbocycles. The van der Waals surface area contributed by atoms with E-state index in [2.05, 4.69) is 18.9 Å². The van der Waals surface area contributed by atoms with Crippen molar-refractivity contribution in [3.05, 3.63) is 17.5 Å². The smallest absolute Gasteiger partial charge is 0.257 e. The molecule has 0 aromatic carbocycles. The highest BCUT2D eigenvalue weighted by atomic mass is 16.5. The number of carbonyl (C=O) groups excluding carboxylic acids is 1. The molecule has 2 atom stereocenters. The Kier molecular flexibility index (Phi) is 5.58. The molecule has 1 aromatic heterocycles. The molecule has 0 unspecified atom stereocenters. The van der Waals surface area contributed by atoms with Crippen molar-refractivity contribution in [2.24, 2.45) is 5.92 Å². The predicted molar refractivity (Wildman–Crippen MR) is 83.8 cm³/mol. The SMILES string of the molecule is CCc1c(C(=O)N2C[C@@H](CO)OC[C@@H]2C)cnn1CC(C)C. The summed E-state index contributed by atoms with van der Waals surface area (Å²) in [6.45, 7) is 9.92. The van der Waals surface area contributed by atoms with E-state index in [1.807, 2.05) is 18.5 Å². The summed E-state index contributed by atoms with van der Waals surface area (Å²) in [5.41, 5.74) is 1.66. The summed E-state index contributed by atoms with van der Waals surface area (Å²) in [4.78, 5) is 14.7. The van der Waals surface area contributed by atoms with Gasteiger partial charge in [0.15, 0.2) is 0 Å². The Morgan fingerprint density at radius 3 is 2.86 bits per heavy atom. The number of aliphatic hydroxyl groups excluding tert-OH is 1. The van der Waals surface area contributed by atoms with Gasteiger partial charge in [-0.1, -0.05) is 20.8 Å². The van der Waals surface area contributed by atoms with E-state index in [1.54, 1.807) is 11.1 Å². The van der Waals surface area contributed by atoms with E-state index in [-0.39, 0.29) is 24.7 Å². The van der Waals surface area contributed by atoms with Gasteiger partial charge in [0.05, 0.1) is 42.8 Å². The molecule has 1 aliphatic rings. The van der Waals surface area contributed by atoms with E-state index < -0.39 is 0 Å². The second kappa shape index (κ2) is 7.24. The van der Waals surface area contributed by atoms with Crippen LogP contribution in [-0.2, 0) is 17.7 Å². The van der Waals surface area contributed by atoms with Gasteiger partial charge in [-0.05, 0) is 19.3 Å². The number of nitrogens with zero attached hydrogens (tertiary/aromatic N) is 3. The Morgan fingerprint density at radius 1 is 1.55 bits per heavy atom. The van der Waals surface area contributed by atoms with Crippen LogP contribution in [0.5, 0.6) is 0 Å². The Bertz CT molecular complexity index is 513. The quantitative estimate of drug-likeness (QED) is 0.891. The Balaban J connectivity index is 2.23. The van der Waals surface area contributed by atoms with E-state index >= 15 is 0 Å². The van der Waals surface area contributed by atoms with Crippen LogP contribution in [0, 0.1) is 5.92 Å². The minimum absolute atomic E-state index is 0.00783. The zero-order valence-corrected chi connectivity index (χ0v) is 14.0. The maximum atomic E-state index is 12.9. The number of aliphatic hydroxyl groups is 1. The van der Waals surface area contributed by atoms with Crippen molar-refractivity contribution >= 4 is 5.91 Å². The van der Waals surface area contributed by atoms with Crippen molar-refractivity contribution in [2.75, 3.05) is 19.8 Å².